The van der Waals surface area contributed by atoms with Gasteiger partial charge in [0.2, 0.25) is 11.7 Å². The monoisotopic (exact) mass is 429 g/mol. The summed E-state index contributed by atoms with van der Waals surface area (Å²) in [6.07, 6.45) is 1.88. The van der Waals surface area contributed by atoms with Gasteiger partial charge in [0.1, 0.15) is 6.33 Å². The molecule has 31 heavy (non-hydrogen) atoms. The van der Waals surface area contributed by atoms with E-state index in [4.69, 9.17) is 4.52 Å². The maximum absolute atomic E-state index is 12.9. The van der Waals surface area contributed by atoms with Crippen molar-refractivity contribution in [1.29, 1.82) is 0 Å². The van der Waals surface area contributed by atoms with E-state index in [-0.39, 0.29) is 5.91 Å². The number of rotatable bonds is 6. The average molecular weight is 429 g/mol. The molecule has 0 aliphatic heterocycles. The van der Waals surface area contributed by atoms with Crippen LogP contribution in [0, 0.1) is 0 Å². The van der Waals surface area contributed by atoms with Gasteiger partial charge in [0.05, 0.1) is 17.0 Å². The first-order chi connectivity index (χ1) is 15.3. The number of hydrogen-bond donors (Lipinski definition) is 1. The van der Waals surface area contributed by atoms with Crippen molar-refractivity contribution in [3.05, 3.63) is 89.4 Å². The first-order valence-corrected chi connectivity index (χ1v) is 10.2. The number of thiophene rings is 1. The normalized spacial score (nSPS) is 10.8. The molecule has 1 N–H and O–H groups in total. The maximum atomic E-state index is 12.9. The topological polar surface area (TPSA) is 112 Å². The van der Waals surface area contributed by atoms with E-state index in [1.54, 1.807) is 29.5 Å². The third kappa shape index (κ3) is 4.09. The van der Waals surface area contributed by atoms with E-state index in [0.717, 1.165) is 10.4 Å². The Labute approximate surface area is 180 Å². The van der Waals surface area contributed by atoms with Gasteiger partial charge in [0, 0.05) is 11.3 Å². The Morgan fingerprint density at radius 2 is 2.03 bits per heavy atom. The molecule has 0 spiro atoms. The fourth-order valence-corrected chi connectivity index (χ4v) is 3.70. The van der Waals surface area contributed by atoms with Crippen molar-refractivity contribution < 1.29 is 9.32 Å². The van der Waals surface area contributed by atoms with E-state index in [9.17, 15) is 4.79 Å². The van der Waals surface area contributed by atoms with Gasteiger partial charge in [-0.25, -0.2) is 4.68 Å². The maximum Gasteiger partial charge on any atom is 0.255 e. The quantitative estimate of drug-likeness (QED) is 0.439. The summed E-state index contributed by atoms with van der Waals surface area (Å²) in [4.78, 5) is 18.3. The molecule has 0 aliphatic carbocycles. The summed E-state index contributed by atoms with van der Waals surface area (Å²) in [5.74, 6) is 0.795. The molecule has 3 aromatic heterocycles. The number of nitrogens with one attached hydrogen (secondary N) is 1. The van der Waals surface area contributed by atoms with Gasteiger partial charge < -0.3 is 9.84 Å². The number of anilines is 1. The number of nitrogens with zero attached hydrogens (tertiary/aromatic N) is 6. The minimum atomic E-state index is -0.243. The number of hydrogen-bond acceptors (Lipinski definition) is 8. The fourth-order valence-electron chi connectivity index (χ4n) is 3.06. The Morgan fingerprint density at radius 3 is 2.87 bits per heavy atom. The van der Waals surface area contributed by atoms with E-state index in [1.165, 1.54) is 11.0 Å². The Hall–Kier alpha value is -4.18. The second-order valence-electron chi connectivity index (χ2n) is 6.58. The SMILES string of the molecule is O=C(Nc1ccccc1Cc1nc(-c2cccs2)no1)c1cccc(-n2cnnn2)c1. The predicted molar refractivity (Wildman–Crippen MR) is 114 cm³/mol. The number of aromatic nitrogens is 6. The lowest BCUT2D eigenvalue weighted by Gasteiger charge is -2.10. The minimum Gasteiger partial charge on any atom is -0.339 e. The highest BCUT2D eigenvalue weighted by atomic mass is 32.1. The van der Waals surface area contributed by atoms with Gasteiger partial charge >= 0.3 is 0 Å². The van der Waals surface area contributed by atoms with Crippen LogP contribution in [0.4, 0.5) is 5.69 Å². The second-order valence-corrected chi connectivity index (χ2v) is 7.53. The summed E-state index contributed by atoms with van der Waals surface area (Å²) in [7, 11) is 0. The van der Waals surface area contributed by atoms with Crippen molar-refractivity contribution in [2.45, 2.75) is 6.42 Å². The van der Waals surface area contributed by atoms with E-state index in [0.29, 0.717) is 35.1 Å². The predicted octanol–water partition coefficient (Wildman–Crippen LogP) is 3.62. The van der Waals surface area contributed by atoms with Crippen LogP contribution < -0.4 is 5.32 Å². The van der Waals surface area contributed by atoms with Crippen LogP contribution in [-0.4, -0.2) is 36.3 Å². The van der Waals surface area contributed by atoms with Crippen LogP contribution in [0.3, 0.4) is 0 Å². The van der Waals surface area contributed by atoms with Gasteiger partial charge in [-0.3, -0.25) is 4.79 Å². The van der Waals surface area contributed by atoms with Crippen molar-refractivity contribution >= 4 is 22.9 Å². The van der Waals surface area contributed by atoms with Crippen molar-refractivity contribution in [3.63, 3.8) is 0 Å². The zero-order chi connectivity index (χ0) is 21.0. The van der Waals surface area contributed by atoms with Crippen molar-refractivity contribution in [1.82, 2.24) is 30.3 Å². The van der Waals surface area contributed by atoms with Gasteiger partial charge in [0.15, 0.2) is 0 Å². The van der Waals surface area contributed by atoms with Crippen molar-refractivity contribution in [3.8, 4) is 16.4 Å². The highest BCUT2D eigenvalue weighted by molar-refractivity contribution is 7.13. The number of amides is 1. The van der Waals surface area contributed by atoms with Crippen molar-refractivity contribution in [2.75, 3.05) is 5.32 Å². The Morgan fingerprint density at radius 1 is 1.10 bits per heavy atom. The molecule has 0 aliphatic rings. The molecule has 152 valence electrons. The summed E-state index contributed by atoms with van der Waals surface area (Å²) in [5.41, 5.74) is 2.73. The number of carbonyl (C=O) groups is 1. The number of para-hydroxylation sites is 1. The Kier molecular flexibility index (Phi) is 5.03. The molecule has 10 heteroatoms. The number of tetrazole rings is 1. The molecule has 5 rings (SSSR count). The highest BCUT2D eigenvalue weighted by Gasteiger charge is 2.14. The molecule has 0 fully saturated rings. The molecule has 0 unspecified atom stereocenters. The van der Waals surface area contributed by atoms with Crippen LogP contribution in [0.5, 0.6) is 0 Å². The lowest BCUT2D eigenvalue weighted by molar-refractivity contribution is 0.102. The summed E-state index contributed by atoms with van der Waals surface area (Å²) >= 11 is 1.55. The molecule has 0 radical (unpaired) electrons. The average Bonchev–Trinajstić information content (AvgIpc) is 3.57. The molecule has 3 heterocycles. The Balaban J connectivity index is 1.35. The molecule has 0 bridgehead atoms. The van der Waals surface area contributed by atoms with Gasteiger partial charge in [-0.15, -0.1) is 16.4 Å². The van der Waals surface area contributed by atoms with E-state index in [1.807, 2.05) is 47.8 Å². The first-order valence-electron chi connectivity index (χ1n) is 9.35. The molecule has 9 nitrogen and oxygen atoms in total. The highest BCUT2D eigenvalue weighted by Crippen LogP contribution is 2.24. The standard InChI is InChI=1S/C21H15N7O2S/c29-21(15-6-3-7-16(11-15)28-13-22-26-27-28)23-17-8-2-1-5-14(17)12-19-24-20(25-30-19)18-9-4-10-31-18/h1-11,13H,12H2,(H,23,29). The second kappa shape index (κ2) is 8.28. The third-order valence-corrected chi connectivity index (χ3v) is 5.40. The van der Waals surface area contributed by atoms with Gasteiger partial charge in [-0.2, -0.15) is 4.98 Å². The zero-order valence-corrected chi connectivity index (χ0v) is 16.9. The van der Waals surface area contributed by atoms with Gasteiger partial charge in [-0.1, -0.05) is 35.5 Å². The smallest absolute Gasteiger partial charge is 0.255 e. The molecular weight excluding hydrogens is 414 g/mol. The molecule has 0 saturated heterocycles. The molecule has 0 saturated carbocycles. The van der Waals surface area contributed by atoms with E-state index >= 15 is 0 Å². The van der Waals surface area contributed by atoms with Crippen LogP contribution in [0.1, 0.15) is 21.8 Å². The van der Waals surface area contributed by atoms with E-state index < -0.39 is 0 Å². The third-order valence-electron chi connectivity index (χ3n) is 4.54. The van der Waals surface area contributed by atoms with Gasteiger partial charge in [-0.05, 0) is 51.7 Å². The van der Waals surface area contributed by atoms with Crippen LogP contribution in [0.25, 0.3) is 16.4 Å². The number of carbonyl (C=O) groups excluding carboxylic acids is 1. The largest absolute Gasteiger partial charge is 0.339 e. The zero-order valence-electron chi connectivity index (χ0n) is 16.0. The van der Waals surface area contributed by atoms with E-state index in [2.05, 4.69) is 31.0 Å². The lowest BCUT2D eigenvalue weighted by Crippen LogP contribution is -2.14. The fraction of sp³-hybridized carbons (Fsp3) is 0.0476. The Bertz CT molecular complexity index is 1310. The molecule has 2 aromatic carbocycles. The number of benzene rings is 2. The summed E-state index contributed by atoms with van der Waals surface area (Å²) < 4.78 is 6.90. The molecule has 1 amide bonds. The first kappa shape index (κ1) is 18.8. The lowest BCUT2D eigenvalue weighted by atomic mass is 10.1. The van der Waals surface area contributed by atoms with Crippen LogP contribution in [-0.2, 0) is 6.42 Å². The summed E-state index contributed by atoms with van der Waals surface area (Å²) in [5, 5.41) is 20.1. The molecule has 5 aromatic rings. The summed E-state index contributed by atoms with van der Waals surface area (Å²) in [6, 6.07) is 18.5. The van der Waals surface area contributed by atoms with Crippen molar-refractivity contribution in [2.24, 2.45) is 0 Å². The van der Waals surface area contributed by atoms with Crippen LogP contribution in [0.2, 0.25) is 0 Å². The summed E-state index contributed by atoms with van der Waals surface area (Å²) in [6.45, 7) is 0. The van der Waals surface area contributed by atoms with Crippen LogP contribution >= 0.6 is 11.3 Å². The minimum absolute atomic E-state index is 0.243. The molecular formula is C21H15N7O2S. The van der Waals surface area contributed by atoms with Crippen LogP contribution in [0.15, 0.2) is 76.9 Å². The molecule has 0 atom stereocenters. The van der Waals surface area contributed by atoms with Gasteiger partial charge in [0.25, 0.3) is 5.91 Å².